The molecule has 2 aliphatic rings. The van der Waals surface area contributed by atoms with Crippen LogP contribution in [0, 0.1) is 0 Å². The molecule has 2 saturated heterocycles. The molecule has 0 bridgehead atoms. The zero-order valence-corrected chi connectivity index (χ0v) is 24.1. The van der Waals surface area contributed by atoms with Gasteiger partial charge in [-0.3, -0.25) is 9.59 Å². The molecular formula is C35H44N4O2. The molecule has 2 fully saturated rings. The summed E-state index contributed by atoms with van der Waals surface area (Å²) in [5.74, 6) is 0.271. The monoisotopic (exact) mass is 552 g/mol. The second kappa shape index (κ2) is 14.9. The topological polar surface area (TPSA) is 64.7 Å². The fourth-order valence-electron chi connectivity index (χ4n) is 6.24. The van der Waals surface area contributed by atoms with Crippen LogP contribution in [0.3, 0.4) is 0 Å². The molecule has 0 spiro atoms. The van der Waals surface area contributed by atoms with E-state index in [0.29, 0.717) is 25.2 Å². The van der Waals surface area contributed by atoms with E-state index in [1.165, 1.54) is 30.4 Å². The van der Waals surface area contributed by atoms with Crippen molar-refractivity contribution >= 4 is 11.8 Å². The Labute approximate surface area is 245 Å². The van der Waals surface area contributed by atoms with Crippen LogP contribution in [0.1, 0.15) is 65.9 Å². The van der Waals surface area contributed by atoms with Gasteiger partial charge in [-0.1, -0.05) is 85.3 Å². The SMILES string of the molecule is O=C(NCCC1CCN(CC(c2ccccc2)c2ccccc2)C(=O)[C@H](CCN2CCCCC2)N1)c1ccccc1. The predicted octanol–water partition coefficient (Wildman–Crippen LogP) is 5.07. The van der Waals surface area contributed by atoms with Crippen molar-refractivity contribution < 1.29 is 9.59 Å². The highest BCUT2D eigenvalue weighted by atomic mass is 16.2. The third kappa shape index (κ3) is 8.27. The van der Waals surface area contributed by atoms with Gasteiger partial charge in [-0.15, -0.1) is 0 Å². The second-order valence-corrected chi connectivity index (χ2v) is 11.5. The lowest BCUT2D eigenvalue weighted by Crippen LogP contribution is -2.48. The Bertz CT molecular complexity index is 1180. The normalized spacial score (nSPS) is 20.1. The van der Waals surface area contributed by atoms with Gasteiger partial charge in [-0.05, 0) is 68.5 Å². The van der Waals surface area contributed by atoms with Crippen molar-refractivity contribution in [3.8, 4) is 0 Å². The van der Waals surface area contributed by atoms with Crippen molar-refractivity contribution in [3.63, 3.8) is 0 Å². The molecule has 0 aliphatic carbocycles. The summed E-state index contributed by atoms with van der Waals surface area (Å²) in [7, 11) is 0. The number of hydrogen-bond donors (Lipinski definition) is 2. The average molecular weight is 553 g/mol. The third-order valence-corrected chi connectivity index (χ3v) is 8.60. The number of nitrogens with one attached hydrogen (secondary N) is 2. The summed E-state index contributed by atoms with van der Waals surface area (Å²) in [6.07, 6.45) is 6.27. The molecule has 6 heteroatoms. The van der Waals surface area contributed by atoms with Crippen molar-refractivity contribution in [1.82, 2.24) is 20.4 Å². The highest BCUT2D eigenvalue weighted by molar-refractivity contribution is 5.94. The Kier molecular flexibility index (Phi) is 10.6. The fraction of sp³-hybridized carbons (Fsp3) is 0.429. The van der Waals surface area contributed by atoms with E-state index in [4.69, 9.17) is 0 Å². The van der Waals surface area contributed by atoms with Gasteiger partial charge in [0.15, 0.2) is 0 Å². The van der Waals surface area contributed by atoms with Crippen LogP contribution in [0.25, 0.3) is 0 Å². The van der Waals surface area contributed by atoms with E-state index in [0.717, 1.165) is 38.9 Å². The van der Waals surface area contributed by atoms with Crippen LogP contribution in [-0.2, 0) is 4.79 Å². The van der Waals surface area contributed by atoms with E-state index in [1.54, 1.807) is 0 Å². The number of carbonyl (C=O) groups excluding carboxylic acids is 2. The van der Waals surface area contributed by atoms with E-state index in [1.807, 2.05) is 42.5 Å². The lowest BCUT2D eigenvalue weighted by molar-refractivity contribution is -0.133. The summed E-state index contributed by atoms with van der Waals surface area (Å²) in [5, 5.41) is 6.81. The van der Waals surface area contributed by atoms with Gasteiger partial charge >= 0.3 is 0 Å². The molecule has 6 nitrogen and oxygen atoms in total. The number of nitrogens with zero attached hydrogens (tertiary/aromatic N) is 2. The molecule has 2 amide bonds. The summed E-state index contributed by atoms with van der Waals surface area (Å²) in [5.41, 5.74) is 3.14. The average Bonchev–Trinajstić information content (AvgIpc) is 3.18. The van der Waals surface area contributed by atoms with E-state index < -0.39 is 0 Å². The van der Waals surface area contributed by atoms with E-state index in [2.05, 4.69) is 69.0 Å². The van der Waals surface area contributed by atoms with Gasteiger partial charge in [0.25, 0.3) is 5.91 Å². The maximum atomic E-state index is 14.1. The maximum Gasteiger partial charge on any atom is 0.251 e. The van der Waals surface area contributed by atoms with Gasteiger partial charge < -0.3 is 20.4 Å². The van der Waals surface area contributed by atoms with Crippen molar-refractivity contribution in [2.24, 2.45) is 0 Å². The molecule has 0 saturated carbocycles. The van der Waals surface area contributed by atoms with Crippen molar-refractivity contribution in [2.45, 2.75) is 56.5 Å². The molecule has 0 radical (unpaired) electrons. The minimum Gasteiger partial charge on any atom is -0.352 e. The summed E-state index contributed by atoms with van der Waals surface area (Å²) < 4.78 is 0. The highest BCUT2D eigenvalue weighted by Gasteiger charge is 2.33. The van der Waals surface area contributed by atoms with Crippen molar-refractivity contribution in [2.75, 3.05) is 39.3 Å². The van der Waals surface area contributed by atoms with Gasteiger partial charge in [-0.25, -0.2) is 0 Å². The van der Waals surface area contributed by atoms with Gasteiger partial charge in [0, 0.05) is 43.7 Å². The maximum absolute atomic E-state index is 14.1. The molecule has 1 unspecified atom stereocenters. The number of rotatable bonds is 11. The molecule has 2 N–H and O–H groups in total. The zero-order valence-electron chi connectivity index (χ0n) is 24.1. The lowest BCUT2D eigenvalue weighted by atomic mass is 9.90. The van der Waals surface area contributed by atoms with Crippen LogP contribution in [0.4, 0.5) is 0 Å². The Morgan fingerprint density at radius 2 is 1.41 bits per heavy atom. The molecule has 5 rings (SSSR count). The van der Waals surface area contributed by atoms with E-state index >= 15 is 0 Å². The minimum absolute atomic E-state index is 0.0489. The van der Waals surface area contributed by atoms with Gasteiger partial charge in [0.05, 0.1) is 6.04 Å². The number of likely N-dealkylation sites (tertiary alicyclic amines) is 1. The molecule has 2 heterocycles. The zero-order chi connectivity index (χ0) is 28.3. The fourth-order valence-corrected chi connectivity index (χ4v) is 6.24. The van der Waals surface area contributed by atoms with Gasteiger partial charge in [-0.2, -0.15) is 0 Å². The van der Waals surface area contributed by atoms with E-state index in [-0.39, 0.29) is 29.8 Å². The molecular weight excluding hydrogens is 508 g/mol. The molecule has 0 aromatic heterocycles. The molecule has 3 aromatic rings. The summed E-state index contributed by atoms with van der Waals surface area (Å²) in [6.45, 7) is 5.14. The van der Waals surface area contributed by atoms with E-state index in [9.17, 15) is 9.59 Å². The summed E-state index contributed by atoms with van der Waals surface area (Å²) >= 11 is 0. The van der Waals surface area contributed by atoms with Crippen LogP contribution in [-0.4, -0.2) is 73.0 Å². The molecule has 2 aliphatic heterocycles. The number of hydrogen-bond acceptors (Lipinski definition) is 4. The van der Waals surface area contributed by atoms with Crippen LogP contribution in [0.5, 0.6) is 0 Å². The molecule has 216 valence electrons. The summed E-state index contributed by atoms with van der Waals surface area (Å²) in [4.78, 5) is 31.3. The van der Waals surface area contributed by atoms with Gasteiger partial charge in [0.1, 0.15) is 0 Å². The smallest absolute Gasteiger partial charge is 0.251 e. The van der Waals surface area contributed by atoms with Crippen LogP contribution < -0.4 is 10.6 Å². The molecule has 2 atom stereocenters. The first-order valence-corrected chi connectivity index (χ1v) is 15.4. The van der Waals surface area contributed by atoms with Gasteiger partial charge in [0.2, 0.25) is 5.91 Å². The van der Waals surface area contributed by atoms with Crippen LogP contribution in [0.15, 0.2) is 91.0 Å². The quantitative estimate of drug-likeness (QED) is 0.349. The second-order valence-electron chi connectivity index (χ2n) is 11.5. The number of carbonyl (C=O) groups is 2. The first kappa shape index (κ1) is 29.0. The standard InChI is InChI=1S/C35H44N4O2/c40-34(30-17-9-3-10-18-30)36-22-19-31-20-26-39(35(41)33(37-31)21-25-38-23-11-4-12-24-38)27-32(28-13-5-1-6-14-28)29-15-7-2-8-16-29/h1-3,5-10,13-18,31-33,37H,4,11-12,19-27H2,(H,36,40)/t31?,33-/m0/s1. The molecule has 41 heavy (non-hydrogen) atoms. The third-order valence-electron chi connectivity index (χ3n) is 8.60. The van der Waals surface area contributed by atoms with Crippen molar-refractivity contribution in [1.29, 1.82) is 0 Å². The Morgan fingerprint density at radius 3 is 2.05 bits per heavy atom. The number of benzene rings is 3. The van der Waals surface area contributed by atoms with Crippen LogP contribution >= 0.6 is 0 Å². The first-order valence-electron chi connectivity index (χ1n) is 15.4. The highest BCUT2D eigenvalue weighted by Crippen LogP contribution is 2.27. The molecule has 3 aromatic carbocycles. The lowest BCUT2D eigenvalue weighted by Gasteiger charge is -2.31. The number of amides is 2. The number of piperidine rings is 1. The Morgan fingerprint density at radius 1 is 0.805 bits per heavy atom. The largest absolute Gasteiger partial charge is 0.352 e. The summed E-state index contributed by atoms with van der Waals surface area (Å²) in [6, 6.07) is 30.4. The Balaban J connectivity index is 1.28. The van der Waals surface area contributed by atoms with Crippen molar-refractivity contribution in [3.05, 3.63) is 108 Å². The Hall–Kier alpha value is -3.48. The first-order chi connectivity index (χ1) is 20.2. The minimum atomic E-state index is -0.221. The predicted molar refractivity (Wildman–Crippen MR) is 165 cm³/mol. The van der Waals surface area contributed by atoms with Crippen LogP contribution in [0.2, 0.25) is 0 Å².